The van der Waals surface area contributed by atoms with Gasteiger partial charge in [-0.2, -0.15) is 0 Å². The predicted molar refractivity (Wildman–Crippen MR) is 67.7 cm³/mol. The molecule has 0 fully saturated rings. The smallest absolute Gasteiger partial charge is 0.115 e. The van der Waals surface area contributed by atoms with E-state index in [4.69, 9.17) is 0 Å². The lowest BCUT2D eigenvalue weighted by atomic mass is 10.1. The largest absolute Gasteiger partial charge is 0.389 e. The third kappa shape index (κ3) is 3.55. The summed E-state index contributed by atoms with van der Waals surface area (Å²) in [5.41, 5.74) is 1.18. The summed E-state index contributed by atoms with van der Waals surface area (Å²) in [5.74, 6) is 0. The Kier molecular flexibility index (Phi) is 5.82. The molecule has 2 unspecified atom stereocenters. The quantitative estimate of drug-likeness (QED) is 0.792. The zero-order valence-electron chi connectivity index (χ0n) is 8.82. The van der Waals surface area contributed by atoms with Crippen LogP contribution in [0.3, 0.4) is 0 Å². The second kappa shape index (κ2) is 6.63. The minimum Gasteiger partial charge on any atom is -0.389 e. The van der Waals surface area contributed by atoms with Crippen molar-refractivity contribution in [3.8, 4) is 0 Å². The summed E-state index contributed by atoms with van der Waals surface area (Å²) >= 11 is 4.69. The molecule has 2 N–H and O–H groups in total. The highest BCUT2D eigenvalue weighted by Crippen LogP contribution is 2.28. The molecule has 0 aromatic carbocycles. The molecule has 1 rings (SSSR count). The Hall–Kier alpha value is 0.100. The van der Waals surface area contributed by atoms with Crippen LogP contribution in [0.4, 0.5) is 0 Å². The monoisotopic (exact) mass is 292 g/mol. The number of alkyl halides is 1. The van der Waals surface area contributed by atoms with Crippen molar-refractivity contribution in [3.63, 3.8) is 0 Å². The van der Waals surface area contributed by atoms with Gasteiger partial charge >= 0.3 is 0 Å². The maximum absolute atomic E-state index is 9.89. The molecule has 0 saturated carbocycles. The van der Waals surface area contributed by atoms with E-state index in [1.807, 2.05) is 11.4 Å². The summed E-state index contributed by atoms with van der Waals surface area (Å²) in [7, 11) is 0. The van der Waals surface area contributed by atoms with Crippen molar-refractivity contribution in [2.75, 3.05) is 5.33 Å². The molecule has 1 aromatic heterocycles. The van der Waals surface area contributed by atoms with Gasteiger partial charge < -0.3 is 10.2 Å². The van der Waals surface area contributed by atoms with Crippen molar-refractivity contribution in [1.82, 2.24) is 0 Å². The van der Waals surface area contributed by atoms with Crippen molar-refractivity contribution >= 4 is 27.3 Å². The summed E-state index contributed by atoms with van der Waals surface area (Å²) in [6.45, 7) is 2.15. The van der Waals surface area contributed by atoms with Crippen LogP contribution in [-0.2, 0) is 6.42 Å². The third-order valence-corrected chi connectivity index (χ3v) is 4.06. The molecule has 0 radical (unpaired) electrons. The fourth-order valence-electron chi connectivity index (χ4n) is 1.44. The maximum Gasteiger partial charge on any atom is 0.115 e. The van der Waals surface area contributed by atoms with Crippen LogP contribution in [0.25, 0.3) is 0 Å². The molecule has 1 aromatic rings. The van der Waals surface area contributed by atoms with Crippen molar-refractivity contribution in [2.24, 2.45) is 0 Å². The fourth-order valence-corrected chi connectivity index (χ4v) is 2.79. The van der Waals surface area contributed by atoms with Gasteiger partial charge in [0, 0.05) is 10.2 Å². The van der Waals surface area contributed by atoms with Gasteiger partial charge in [0.2, 0.25) is 0 Å². The van der Waals surface area contributed by atoms with Crippen LogP contribution in [0, 0.1) is 0 Å². The van der Waals surface area contributed by atoms with E-state index in [9.17, 15) is 10.2 Å². The lowest BCUT2D eigenvalue weighted by molar-refractivity contribution is 0.0360. The zero-order valence-corrected chi connectivity index (χ0v) is 11.2. The highest BCUT2D eigenvalue weighted by Gasteiger charge is 2.20. The molecule has 4 heteroatoms. The molecule has 0 bridgehead atoms. The summed E-state index contributed by atoms with van der Waals surface area (Å²) in [5, 5.41) is 21.8. The van der Waals surface area contributed by atoms with Crippen molar-refractivity contribution < 1.29 is 10.2 Å². The second-order valence-corrected chi connectivity index (χ2v) is 5.18. The number of thiophene rings is 1. The van der Waals surface area contributed by atoms with Gasteiger partial charge in [0.1, 0.15) is 6.10 Å². The van der Waals surface area contributed by atoms with Crippen LogP contribution in [-0.4, -0.2) is 21.6 Å². The van der Waals surface area contributed by atoms with Crippen molar-refractivity contribution in [1.29, 1.82) is 0 Å². The lowest BCUT2D eigenvalue weighted by Crippen LogP contribution is -2.19. The highest BCUT2D eigenvalue weighted by atomic mass is 79.9. The summed E-state index contributed by atoms with van der Waals surface area (Å²) in [6.07, 6.45) is 1.79. The zero-order chi connectivity index (χ0) is 11.3. The van der Waals surface area contributed by atoms with E-state index in [0.29, 0.717) is 5.33 Å². The maximum atomic E-state index is 9.89. The normalized spacial score (nSPS) is 15.2. The van der Waals surface area contributed by atoms with Gasteiger partial charge in [-0.3, -0.25) is 0 Å². The van der Waals surface area contributed by atoms with E-state index < -0.39 is 12.2 Å². The Morgan fingerprint density at radius 3 is 2.80 bits per heavy atom. The van der Waals surface area contributed by atoms with Gasteiger partial charge in [-0.1, -0.05) is 29.3 Å². The van der Waals surface area contributed by atoms with Gasteiger partial charge in [0.15, 0.2) is 0 Å². The molecule has 2 nitrogen and oxygen atoms in total. The minimum atomic E-state index is -0.753. The molecule has 86 valence electrons. The van der Waals surface area contributed by atoms with Gasteiger partial charge in [0.05, 0.1) is 6.10 Å². The highest BCUT2D eigenvalue weighted by molar-refractivity contribution is 9.09. The number of aliphatic hydroxyl groups is 2. The average molecular weight is 293 g/mol. The first-order chi connectivity index (χ1) is 7.20. The Morgan fingerprint density at radius 2 is 2.20 bits per heavy atom. The Morgan fingerprint density at radius 1 is 1.47 bits per heavy atom. The number of unbranched alkanes of at least 4 members (excludes halogenated alkanes) is 1. The standard InChI is InChI=1S/C11H17BrO2S/c1-2-3-4-8-5-6-15-11(8)10(14)9(13)7-12/h5-6,9-10,13-14H,2-4,7H2,1H3. The fraction of sp³-hybridized carbons (Fsp3) is 0.636. The van der Waals surface area contributed by atoms with Crippen molar-refractivity contribution in [2.45, 2.75) is 38.4 Å². The first kappa shape index (κ1) is 13.2. The van der Waals surface area contributed by atoms with Gasteiger partial charge in [-0.25, -0.2) is 0 Å². The molecular formula is C11H17BrO2S. The Labute approximate surface area is 103 Å². The number of halogens is 1. The molecule has 0 aliphatic carbocycles. The van der Waals surface area contributed by atoms with Gasteiger partial charge in [-0.15, -0.1) is 11.3 Å². The van der Waals surface area contributed by atoms with Crippen LogP contribution in [0.2, 0.25) is 0 Å². The number of aryl methyl sites for hydroxylation is 1. The topological polar surface area (TPSA) is 40.5 Å². The van der Waals surface area contributed by atoms with E-state index in [1.165, 1.54) is 16.9 Å². The average Bonchev–Trinajstić information content (AvgIpc) is 2.72. The SMILES string of the molecule is CCCCc1ccsc1C(O)C(O)CBr. The molecular weight excluding hydrogens is 276 g/mol. The van der Waals surface area contributed by atoms with Crippen molar-refractivity contribution in [3.05, 3.63) is 21.9 Å². The summed E-state index contributed by atoms with van der Waals surface area (Å²) in [4.78, 5) is 0.912. The molecule has 2 atom stereocenters. The first-order valence-corrected chi connectivity index (χ1v) is 7.19. The molecule has 0 aliphatic rings. The molecule has 1 heterocycles. The molecule has 0 spiro atoms. The number of hydrogen-bond acceptors (Lipinski definition) is 3. The van der Waals surface area contributed by atoms with Crippen LogP contribution in [0.1, 0.15) is 36.3 Å². The number of rotatable bonds is 6. The third-order valence-electron chi connectivity index (χ3n) is 2.37. The van der Waals surface area contributed by atoms with Crippen LogP contribution < -0.4 is 0 Å². The van der Waals surface area contributed by atoms with E-state index in [-0.39, 0.29) is 0 Å². The Bertz CT molecular complexity index is 288. The number of aliphatic hydroxyl groups excluding tert-OH is 2. The Balaban J connectivity index is 2.70. The van der Waals surface area contributed by atoms with Gasteiger partial charge in [0.25, 0.3) is 0 Å². The predicted octanol–water partition coefficient (Wildman–Crippen LogP) is 2.88. The van der Waals surface area contributed by atoms with E-state index in [1.54, 1.807) is 0 Å². The van der Waals surface area contributed by atoms with Crippen LogP contribution >= 0.6 is 27.3 Å². The van der Waals surface area contributed by atoms with Gasteiger partial charge in [-0.05, 0) is 29.9 Å². The van der Waals surface area contributed by atoms with Crippen LogP contribution in [0.5, 0.6) is 0 Å². The van der Waals surface area contributed by atoms with E-state index in [0.717, 1.165) is 24.1 Å². The molecule has 15 heavy (non-hydrogen) atoms. The van der Waals surface area contributed by atoms with E-state index in [2.05, 4.69) is 22.9 Å². The molecule has 0 aliphatic heterocycles. The van der Waals surface area contributed by atoms with Crippen LogP contribution in [0.15, 0.2) is 11.4 Å². The summed E-state index contributed by atoms with van der Waals surface area (Å²) < 4.78 is 0. The first-order valence-electron chi connectivity index (χ1n) is 5.19. The number of hydrogen-bond donors (Lipinski definition) is 2. The lowest BCUT2D eigenvalue weighted by Gasteiger charge is -2.15. The van der Waals surface area contributed by atoms with E-state index >= 15 is 0 Å². The minimum absolute atomic E-state index is 0.402. The second-order valence-electron chi connectivity index (χ2n) is 3.58. The molecule has 0 saturated heterocycles. The summed E-state index contributed by atoms with van der Waals surface area (Å²) in [6, 6.07) is 2.04. The molecule has 0 amide bonds.